The van der Waals surface area contributed by atoms with Gasteiger partial charge >= 0.3 is 0 Å². The van der Waals surface area contributed by atoms with Crippen molar-refractivity contribution < 1.29 is 9.59 Å². The normalized spacial score (nSPS) is 11.1. The third kappa shape index (κ3) is 4.77. The van der Waals surface area contributed by atoms with Gasteiger partial charge in [0.05, 0.1) is 22.8 Å². The fourth-order valence-electron chi connectivity index (χ4n) is 3.67. The molecule has 2 heterocycles. The second kappa shape index (κ2) is 9.24. The maximum absolute atomic E-state index is 13.4. The van der Waals surface area contributed by atoms with Gasteiger partial charge in [-0.05, 0) is 37.6 Å². The Hall–Kier alpha value is -4.00. The van der Waals surface area contributed by atoms with Gasteiger partial charge < -0.3 is 10.2 Å². The number of aromatic nitrogens is 3. The van der Waals surface area contributed by atoms with Crippen LogP contribution in [0.25, 0.3) is 22.3 Å². The van der Waals surface area contributed by atoms with Crippen LogP contribution in [0.5, 0.6) is 0 Å². The minimum Gasteiger partial charge on any atom is -0.342 e. The first-order valence-corrected chi connectivity index (χ1v) is 10.9. The number of hydrogen-bond acceptors (Lipinski definition) is 4. The number of nitrogens with zero attached hydrogens (tertiary/aromatic N) is 4. The van der Waals surface area contributed by atoms with Gasteiger partial charge in [-0.15, -0.1) is 0 Å². The maximum Gasteiger partial charge on any atom is 0.256 e. The number of carbonyl (C=O) groups excluding carboxylic acids is 2. The molecule has 33 heavy (non-hydrogen) atoms. The highest BCUT2D eigenvalue weighted by molar-refractivity contribution is 6.12. The minimum absolute atomic E-state index is 0.0146. The number of pyridine rings is 1. The summed E-state index contributed by atoms with van der Waals surface area (Å²) >= 11 is 0. The fraction of sp³-hybridized carbons (Fsp3) is 0.231. The van der Waals surface area contributed by atoms with Crippen molar-refractivity contribution in [3.63, 3.8) is 0 Å². The van der Waals surface area contributed by atoms with E-state index in [9.17, 15) is 9.59 Å². The molecule has 168 valence electrons. The number of hydrogen-bond donors (Lipinski definition) is 1. The highest BCUT2D eigenvalue weighted by Gasteiger charge is 2.19. The molecule has 0 aliphatic heterocycles. The van der Waals surface area contributed by atoms with Crippen LogP contribution >= 0.6 is 0 Å². The van der Waals surface area contributed by atoms with Crippen LogP contribution in [0.15, 0.2) is 66.9 Å². The third-order valence-corrected chi connectivity index (χ3v) is 5.51. The Morgan fingerprint density at radius 3 is 2.52 bits per heavy atom. The van der Waals surface area contributed by atoms with Gasteiger partial charge in [0.2, 0.25) is 5.91 Å². The van der Waals surface area contributed by atoms with Crippen LogP contribution in [-0.4, -0.2) is 38.5 Å². The summed E-state index contributed by atoms with van der Waals surface area (Å²) in [6, 6.07) is 19.2. The third-order valence-electron chi connectivity index (χ3n) is 5.51. The van der Waals surface area contributed by atoms with E-state index < -0.39 is 0 Å². The van der Waals surface area contributed by atoms with Crippen molar-refractivity contribution in [2.45, 2.75) is 33.4 Å². The smallest absolute Gasteiger partial charge is 0.256 e. The topological polar surface area (TPSA) is 80.1 Å². The van der Waals surface area contributed by atoms with E-state index in [2.05, 4.69) is 10.4 Å². The zero-order valence-corrected chi connectivity index (χ0v) is 19.2. The summed E-state index contributed by atoms with van der Waals surface area (Å²) in [4.78, 5) is 31.4. The van der Waals surface area contributed by atoms with Crippen molar-refractivity contribution in [2.75, 3.05) is 12.4 Å². The van der Waals surface area contributed by atoms with E-state index in [-0.39, 0.29) is 17.9 Å². The summed E-state index contributed by atoms with van der Waals surface area (Å²) < 4.78 is 1.83. The highest BCUT2D eigenvalue weighted by Crippen LogP contribution is 2.27. The SMILES string of the molecule is CC(=O)N(C)Cc1cccc(NC(=O)c2cc(-c3ccccc3)nc3c2cnn3C(C)C)c1. The van der Waals surface area contributed by atoms with Crippen molar-refractivity contribution in [1.29, 1.82) is 0 Å². The zero-order chi connectivity index (χ0) is 23.5. The van der Waals surface area contributed by atoms with Crippen molar-refractivity contribution in [3.8, 4) is 11.3 Å². The van der Waals surface area contributed by atoms with E-state index in [0.717, 1.165) is 11.1 Å². The van der Waals surface area contributed by atoms with Crippen molar-refractivity contribution in [2.24, 2.45) is 0 Å². The molecule has 1 N–H and O–H groups in total. The molecule has 2 aromatic heterocycles. The molecular formula is C26H27N5O2. The molecular weight excluding hydrogens is 414 g/mol. The molecule has 2 aromatic carbocycles. The predicted molar refractivity (Wildman–Crippen MR) is 130 cm³/mol. The van der Waals surface area contributed by atoms with E-state index >= 15 is 0 Å². The molecule has 4 rings (SSSR count). The number of benzene rings is 2. The number of nitrogens with one attached hydrogen (secondary N) is 1. The lowest BCUT2D eigenvalue weighted by Gasteiger charge is -2.15. The summed E-state index contributed by atoms with van der Waals surface area (Å²) in [6.45, 7) is 6.07. The molecule has 4 aromatic rings. The summed E-state index contributed by atoms with van der Waals surface area (Å²) in [5, 5.41) is 8.19. The largest absolute Gasteiger partial charge is 0.342 e. The second-order valence-corrected chi connectivity index (χ2v) is 8.37. The first-order chi connectivity index (χ1) is 15.8. The number of amides is 2. The van der Waals surface area contributed by atoms with Crippen LogP contribution in [0.1, 0.15) is 42.7 Å². The molecule has 0 saturated heterocycles. The molecule has 0 aliphatic carbocycles. The van der Waals surface area contributed by atoms with E-state index in [4.69, 9.17) is 4.98 Å². The first kappa shape index (κ1) is 22.2. The monoisotopic (exact) mass is 441 g/mol. The average molecular weight is 442 g/mol. The fourth-order valence-corrected chi connectivity index (χ4v) is 3.67. The van der Waals surface area contributed by atoms with Gasteiger partial charge in [-0.25, -0.2) is 9.67 Å². The van der Waals surface area contributed by atoms with Gasteiger partial charge in [-0.1, -0.05) is 42.5 Å². The van der Waals surface area contributed by atoms with Crippen LogP contribution < -0.4 is 5.32 Å². The van der Waals surface area contributed by atoms with Crippen LogP contribution in [-0.2, 0) is 11.3 Å². The first-order valence-electron chi connectivity index (χ1n) is 10.9. The Balaban J connectivity index is 1.72. The summed E-state index contributed by atoms with van der Waals surface area (Å²) in [5.74, 6) is -0.251. The molecule has 0 saturated carbocycles. The number of anilines is 1. The molecule has 0 aliphatic rings. The van der Waals surface area contributed by atoms with Gasteiger partial charge in [0.25, 0.3) is 5.91 Å². The number of carbonyl (C=O) groups is 2. The van der Waals surface area contributed by atoms with Crippen LogP contribution in [0, 0.1) is 0 Å². The average Bonchev–Trinajstić information content (AvgIpc) is 3.23. The van der Waals surface area contributed by atoms with Crippen molar-refractivity contribution in [1.82, 2.24) is 19.7 Å². The summed E-state index contributed by atoms with van der Waals surface area (Å²) in [6.07, 6.45) is 1.70. The van der Waals surface area contributed by atoms with Crippen LogP contribution in [0.3, 0.4) is 0 Å². The zero-order valence-electron chi connectivity index (χ0n) is 19.2. The van der Waals surface area contributed by atoms with Crippen molar-refractivity contribution >= 4 is 28.5 Å². The van der Waals surface area contributed by atoms with E-state index in [0.29, 0.717) is 34.5 Å². The highest BCUT2D eigenvalue weighted by atomic mass is 16.2. The van der Waals surface area contributed by atoms with Gasteiger partial charge in [-0.2, -0.15) is 5.10 Å². The molecule has 0 fully saturated rings. The van der Waals surface area contributed by atoms with E-state index in [1.54, 1.807) is 18.1 Å². The molecule has 0 radical (unpaired) electrons. The molecule has 2 amide bonds. The second-order valence-electron chi connectivity index (χ2n) is 8.37. The van der Waals surface area contributed by atoms with Gasteiger partial charge in [0.15, 0.2) is 5.65 Å². The van der Waals surface area contributed by atoms with Gasteiger partial charge in [-0.3, -0.25) is 9.59 Å². The summed E-state index contributed by atoms with van der Waals surface area (Å²) in [5.41, 5.74) is 4.43. The lowest BCUT2D eigenvalue weighted by molar-refractivity contribution is -0.128. The quantitative estimate of drug-likeness (QED) is 0.461. The van der Waals surface area contributed by atoms with Crippen LogP contribution in [0.2, 0.25) is 0 Å². The van der Waals surface area contributed by atoms with E-state index in [1.165, 1.54) is 6.92 Å². The lowest BCUT2D eigenvalue weighted by atomic mass is 10.1. The van der Waals surface area contributed by atoms with Gasteiger partial charge in [0.1, 0.15) is 0 Å². The van der Waals surface area contributed by atoms with Gasteiger partial charge in [0, 0.05) is 37.8 Å². The van der Waals surface area contributed by atoms with E-state index in [1.807, 2.05) is 79.2 Å². The number of rotatable bonds is 6. The molecule has 7 nitrogen and oxygen atoms in total. The standard InChI is InChI=1S/C26H27N5O2/c1-17(2)31-25-23(15-27-31)22(14-24(29-25)20-10-6-5-7-11-20)26(33)28-21-12-8-9-19(13-21)16-30(4)18(3)32/h5-15,17H,16H2,1-4H3,(H,28,33). The Morgan fingerprint density at radius 1 is 1.06 bits per heavy atom. The van der Waals surface area contributed by atoms with Crippen molar-refractivity contribution in [3.05, 3.63) is 78.0 Å². The van der Waals surface area contributed by atoms with Crippen LogP contribution in [0.4, 0.5) is 5.69 Å². The number of fused-ring (bicyclic) bond motifs is 1. The predicted octanol–water partition coefficient (Wildman–Crippen LogP) is 4.91. The minimum atomic E-state index is -0.236. The lowest BCUT2D eigenvalue weighted by Crippen LogP contribution is -2.23. The molecule has 0 atom stereocenters. The Labute approximate surface area is 193 Å². The molecule has 0 spiro atoms. The molecule has 0 bridgehead atoms. The maximum atomic E-state index is 13.4. The summed E-state index contributed by atoms with van der Waals surface area (Å²) in [7, 11) is 1.75. The Morgan fingerprint density at radius 2 is 1.82 bits per heavy atom. The Kier molecular flexibility index (Phi) is 6.22. The Bertz CT molecular complexity index is 1310. The molecule has 7 heteroatoms. The molecule has 0 unspecified atom stereocenters.